The average Bonchev–Trinajstić information content (AvgIpc) is 2.85. The lowest BCUT2D eigenvalue weighted by atomic mass is 9.97. The van der Waals surface area contributed by atoms with Crippen LogP contribution in [0, 0.1) is 19.8 Å². The lowest BCUT2D eigenvalue weighted by Gasteiger charge is -2.30. The fourth-order valence-electron chi connectivity index (χ4n) is 2.85. The zero-order valence-electron chi connectivity index (χ0n) is 15.4. The van der Waals surface area contributed by atoms with Gasteiger partial charge in [-0.1, -0.05) is 0 Å². The van der Waals surface area contributed by atoms with Gasteiger partial charge in [0.25, 0.3) is 0 Å². The third-order valence-corrected chi connectivity index (χ3v) is 4.33. The zero-order chi connectivity index (χ0) is 16.7. The highest BCUT2D eigenvalue weighted by molar-refractivity contribution is 14.0. The summed E-state index contributed by atoms with van der Waals surface area (Å²) < 4.78 is 5.69. The molecule has 2 heterocycles. The van der Waals surface area contributed by atoms with Crippen LogP contribution in [0.3, 0.4) is 0 Å². The summed E-state index contributed by atoms with van der Waals surface area (Å²) in [5.74, 6) is 3.39. The molecule has 24 heavy (non-hydrogen) atoms. The van der Waals surface area contributed by atoms with E-state index >= 15 is 0 Å². The first-order valence-corrected chi connectivity index (χ1v) is 8.79. The van der Waals surface area contributed by atoms with Crippen LogP contribution in [0.4, 0.5) is 0 Å². The van der Waals surface area contributed by atoms with Gasteiger partial charge in [-0.25, -0.2) is 4.98 Å². The Morgan fingerprint density at radius 2 is 1.83 bits per heavy atom. The number of likely N-dealkylation sites (tertiary alicyclic amines) is 1. The largest absolute Gasteiger partial charge is 0.444 e. The van der Waals surface area contributed by atoms with E-state index in [-0.39, 0.29) is 24.0 Å². The van der Waals surface area contributed by atoms with Crippen molar-refractivity contribution in [1.82, 2.24) is 20.5 Å². The predicted molar refractivity (Wildman–Crippen MR) is 109 cm³/mol. The van der Waals surface area contributed by atoms with Crippen molar-refractivity contribution >= 4 is 29.9 Å². The highest BCUT2D eigenvalue weighted by Crippen LogP contribution is 2.20. The summed E-state index contributed by atoms with van der Waals surface area (Å²) in [6.45, 7) is 13.9. The molecule has 1 aliphatic heterocycles. The van der Waals surface area contributed by atoms with E-state index in [0.717, 1.165) is 62.6 Å². The molecule has 0 unspecified atom stereocenters. The number of rotatable bonds is 6. The normalized spacial score (nSPS) is 15.7. The molecule has 0 atom stereocenters. The van der Waals surface area contributed by atoms with Crippen LogP contribution in [0.15, 0.2) is 9.41 Å². The summed E-state index contributed by atoms with van der Waals surface area (Å²) in [5.41, 5.74) is 1.00. The number of piperidine rings is 1. The third-order valence-electron chi connectivity index (χ3n) is 4.33. The highest BCUT2D eigenvalue weighted by Gasteiger charge is 2.20. The predicted octanol–water partition coefficient (Wildman–Crippen LogP) is 2.70. The van der Waals surface area contributed by atoms with Gasteiger partial charge in [0.2, 0.25) is 5.89 Å². The van der Waals surface area contributed by atoms with Gasteiger partial charge in [0, 0.05) is 19.6 Å². The van der Waals surface area contributed by atoms with E-state index in [9.17, 15) is 0 Å². The molecular formula is C17H32IN5O. The summed E-state index contributed by atoms with van der Waals surface area (Å²) in [6.07, 6.45) is 2.38. The molecule has 0 amide bonds. The standard InChI is InChI=1S/C17H31N5O.HI/c1-5-18-17(19-6-2)20-11-15-7-9-22(10-8-15)12-16-21-13(3)14(4)23-16;/h15H,5-12H2,1-4H3,(H2,18,19,20);1H. The topological polar surface area (TPSA) is 65.7 Å². The Kier molecular flexibility index (Phi) is 9.65. The molecule has 0 aliphatic carbocycles. The van der Waals surface area contributed by atoms with Gasteiger partial charge in [-0.3, -0.25) is 9.89 Å². The number of guanidine groups is 1. The lowest BCUT2D eigenvalue weighted by Crippen LogP contribution is -2.38. The second kappa shape index (κ2) is 10.9. The molecule has 0 radical (unpaired) electrons. The first-order chi connectivity index (χ1) is 11.1. The molecule has 1 saturated heterocycles. The molecule has 1 aromatic heterocycles. The van der Waals surface area contributed by atoms with Gasteiger partial charge >= 0.3 is 0 Å². The quantitative estimate of drug-likeness (QED) is 0.397. The molecule has 2 rings (SSSR count). The monoisotopic (exact) mass is 449 g/mol. The van der Waals surface area contributed by atoms with Gasteiger partial charge in [-0.05, 0) is 59.5 Å². The van der Waals surface area contributed by atoms with Crippen molar-refractivity contribution in [3.05, 3.63) is 17.3 Å². The number of oxazole rings is 1. The maximum atomic E-state index is 5.69. The van der Waals surface area contributed by atoms with E-state index in [0.29, 0.717) is 5.92 Å². The fraction of sp³-hybridized carbons (Fsp3) is 0.765. The summed E-state index contributed by atoms with van der Waals surface area (Å²) in [6, 6.07) is 0. The highest BCUT2D eigenvalue weighted by atomic mass is 127. The summed E-state index contributed by atoms with van der Waals surface area (Å²) in [4.78, 5) is 11.6. The van der Waals surface area contributed by atoms with E-state index in [4.69, 9.17) is 9.41 Å². The third kappa shape index (κ3) is 6.58. The van der Waals surface area contributed by atoms with Crippen LogP contribution in [0.5, 0.6) is 0 Å². The number of hydrogen-bond donors (Lipinski definition) is 2. The number of aromatic nitrogens is 1. The molecule has 2 N–H and O–H groups in total. The van der Waals surface area contributed by atoms with Gasteiger partial charge in [0.1, 0.15) is 5.76 Å². The van der Waals surface area contributed by atoms with E-state index in [1.54, 1.807) is 0 Å². The molecule has 1 aromatic rings. The van der Waals surface area contributed by atoms with Crippen LogP contribution in [-0.2, 0) is 6.54 Å². The number of aryl methyl sites for hydroxylation is 2. The summed E-state index contributed by atoms with van der Waals surface area (Å²) >= 11 is 0. The number of nitrogens with one attached hydrogen (secondary N) is 2. The van der Waals surface area contributed by atoms with Crippen LogP contribution in [0.25, 0.3) is 0 Å². The minimum Gasteiger partial charge on any atom is -0.444 e. The number of hydrogen-bond acceptors (Lipinski definition) is 4. The van der Waals surface area contributed by atoms with Crippen molar-refractivity contribution in [1.29, 1.82) is 0 Å². The molecule has 0 bridgehead atoms. The summed E-state index contributed by atoms with van der Waals surface area (Å²) in [7, 11) is 0. The van der Waals surface area contributed by atoms with Crippen LogP contribution >= 0.6 is 24.0 Å². The van der Waals surface area contributed by atoms with E-state index in [1.165, 1.54) is 12.8 Å². The SMILES string of the molecule is CCNC(=NCC1CCN(Cc2nc(C)c(C)o2)CC1)NCC.I. The van der Waals surface area contributed by atoms with E-state index < -0.39 is 0 Å². The molecular weight excluding hydrogens is 417 g/mol. The zero-order valence-corrected chi connectivity index (χ0v) is 17.7. The van der Waals surface area contributed by atoms with Gasteiger partial charge in [0.05, 0.1) is 12.2 Å². The van der Waals surface area contributed by atoms with Crippen molar-refractivity contribution in [3.63, 3.8) is 0 Å². The van der Waals surface area contributed by atoms with Crippen molar-refractivity contribution in [2.24, 2.45) is 10.9 Å². The Labute approximate surface area is 162 Å². The Morgan fingerprint density at radius 3 is 2.33 bits per heavy atom. The Balaban J connectivity index is 0.00000288. The number of nitrogens with zero attached hydrogens (tertiary/aromatic N) is 3. The summed E-state index contributed by atoms with van der Waals surface area (Å²) in [5, 5.41) is 6.56. The molecule has 138 valence electrons. The van der Waals surface area contributed by atoms with Crippen LogP contribution in [-0.4, -0.2) is 48.6 Å². The Bertz CT molecular complexity index is 482. The number of halogens is 1. The number of aliphatic imine (C=N–C) groups is 1. The maximum absolute atomic E-state index is 5.69. The maximum Gasteiger partial charge on any atom is 0.208 e. The Hall–Kier alpha value is -0.830. The fourth-order valence-corrected chi connectivity index (χ4v) is 2.85. The van der Waals surface area contributed by atoms with Crippen LogP contribution in [0.1, 0.15) is 44.0 Å². The van der Waals surface area contributed by atoms with Crippen molar-refractivity contribution < 1.29 is 4.42 Å². The molecule has 0 spiro atoms. The van der Waals surface area contributed by atoms with Gasteiger partial charge < -0.3 is 15.1 Å². The lowest BCUT2D eigenvalue weighted by molar-refractivity contribution is 0.166. The first-order valence-electron chi connectivity index (χ1n) is 8.79. The Morgan fingerprint density at radius 1 is 1.21 bits per heavy atom. The minimum absolute atomic E-state index is 0. The molecule has 0 aromatic carbocycles. The van der Waals surface area contributed by atoms with E-state index in [1.807, 2.05) is 13.8 Å². The van der Waals surface area contributed by atoms with Gasteiger partial charge in [-0.15, -0.1) is 24.0 Å². The van der Waals surface area contributed by atoms with Crippen LogP contribution in [0.2, 0.25) is 0 Å². The van der Waals surface area contributed by atoms with Gasteiger partial charge in [0.15, 0.2) is 5.96 Å². The van der Waals surface area contributed by atoms with Crippen molar-refractivity contribution in [3.8, 4) is 0 Å². The van der Waals surface area contributed by atoms with E-state index in [2.05, 4.69) is 34.4 Å². The van der Waals surface area contributed by atoms with Crippen molar-refractivity contribution in [2.75, 3.05) is 32.7 Å². The second-order valence-electron chi connectivity index (χ2n) is 6.22. The molecule has 7 heteroatoms. The average molecular weight is 449 g/mol. The molecule has 1 aliphatic rings. The van der Waals surface area contributed by atoms with Gasteiger partial charge in [-0.2, -0.15) is 0 Å². The molecule has 1 fully saturated rings. The smallest absolute Gasteiger partial charge is 0.208 e. The second-order valence-corrected chi connectivity index (χ2v) is 6.22. The first kappa shape index (κ1) is 21.2. The molecule has 0 saturated carbocycles. The van der Waals surface area contributed by atoms with Crippen LogP contribution < -0.4 is 10.6 Å². The minimum atomic E-state index is 0. The van der Waals surface area contributed by atoms with Crippen molar-refractivity contribution in [2.45, 2.75) is 47.1 Å². The molecule has 6 nitrogen and oxygen atoms in total.